The third kappa shape index (κ3) is 3.41. The average molecular weight is 398 g/mol. The lowest BCUT2D eigenvalue weighted by Gasteiger charge is -2.10. The number of anilines is 1. The lowest BCUT2D eigenvalue weighted by atomic mass is 10.3. The molecule has 0 aliphatic carbocycles. The van der Waals surface area contributed by atoms with Crippen LogP contribution in [-0.4, -0.2) is 10.9 Å². The zero-order valence-corrected chi connectivity index (χ0v) is 13.4. The standard InChI is InChI=1S/C12H5BrCl3FN2O/c13-6-3-5(17)4-8(15)10(6)19-12(20)11-7(14)1-2-9(16)18-11/h1-4H,(H,19,20). The highest BCUT2D eigenvalue weighted by atomic mass is 79.9. The summed E-state index contributed by atoms with van der Waals surface area (Å²) in [6.45, 7) is 0. The fourth-order valence-electron chi connectivity index (χ4n) is 1.41. The van der Waals surface area contributed by atoms with E-state index in [4.69, 9.17) is 34.8 Å². The smallest absolute Gasteiger partial charge is 0.275 e. The third-order valence-corrected chi connectivity index (χ3v) is 3.71. The van der Waals surface area contributed by atoms with Crippen LogP contribution in [0.5, 0.6) is 0 Å². The first-order valence-corrected chi connectivity index (χ1v) is 7.09. The topological polar surface area (TPSA) is 42.0 Å². The van der Waals surface area contributed by atoms with Crippen LogP contribution >= 0.6 is 50.7 Å². The monoisotopic (exact) mass is 396 g/mol. The van der Waals surface area contributed by atoms with Crippen molar-refractivity contribution in [1.82, 2.24) is 4.98 Å². The van der Waals surface area contributed by atoms with Gasteiger partial charge >= 0.3 is 0 Å². The Kier molecular flexibility index (Phi) is 4.86. The zero-order chi connectivity index (χ0) is 14.9. The van der Waals surface area contributed by atoms with Crippen molar-refractivity contribution >= 4 is 62.3 Å². The maximum atomic E-state index is 13.1. The molecule has 0 unspecified atom stereocenters. The summed E-state index contributed by atoms with van der Waals surface area (Å²) < 4.78 is 13.4. The minimum atomic E-state index is -0.605. The van der Waals surface area contributed by atoms with Crippen LogP contribution in [0.15, 0.2) is 28.7 Å². The molecule has 0 radical (unpaired) electrons. The molecule has 104 valence electrons. The van der Waals surface area contributed by atoms with Crippen molar-refractivity contribution in [2.75, 3.05) is 5.32 Å². The number of hydrogen-bond acceptors (Lipinski definition) is 2. The van der Waals surface area contributed by atoms with Crippen molar-refractivity contribution in [3.63, 3.8) is 0 Å². The molecule has 8 heteroatoms. The average Bonchev–Trinajstić information content (AvgIpc) is 2.36. The first kappa shape index (κ1) is 15.5. The molecule has 0 saturated heterocycles. The molecule has 2 rings (SSSR count). The summed E-state index contributed by atoms with van der Waals surface area (Å²) in [7, 11) is 0. The van der Waals surface area contributed by atoms with Gasteiger partial charge in [0.2, 0.25) is 0 Å². The molecule has 0 atom stereocenters. The molecule has 0 aliphatic rings. The number of nitrogens with zero attached hydrogens (tertiary/aromatic N) is 1. The molecular weight excluding hydrogens is 393 g/mol. The van der Waals surface area contributed by atoms with Gasteiger partial charge in [-0.05, 0) is 40.2 Å². The van der Waals surface area contributed by atoms with E-state index in [9.17, 15) is 9.18 Å². The van der Waals surface area contributed by atoms with E-state index in [1.54, 1.807) is 0 Å². The largest absolute Gasteiger partial charge is 0.318 e. The lowest BCUT2D eigenvalue weighted by molar-refractivity contribution is 0.102. The van der Waals surface area contributed by atoms with Gasteiger partial charge < -0.3 is 5.32 Å². The highest BCUT2D eigenvalue weighted by Crippen LogP contribution is 2.32. The van der Waals surface area contributed by atoms with E-state index in [-0.39, 0.29) is 26.6 Å². The van der Waals surface area contributed by atoms with Crippen LogP contribution in [0.4, 0.5) is 10.1 Å². The number of hydrogen-bond donors (Lipinski definition) is 1. The summed E-state index contributed by atoms with van der Waals surface area (Å²) in [5.74, 6) is -1.13. The SMILES string of the molecule is O=C(Nc1c(Cl)cc(F)cc1Br)c1nc(Cl)ccc1Cl. The summed E-state index contributed by atoms with van der Waals surface area (Å²) in [6.07, 6.45) is 0. The van der Waals surface area contributed by atoms with Gasteiger partial charge in [-0.15, -0.1) is 0 Å². The Balaban J connectivity index is 2.35. The zero-order valence-electron chi connectivity index (χ0n) is 9.55. The number of carbonyl (C=O) groups is 1. The van der Waals surface area contributed by atoms with Crippen LogP contribution < -0.4 is 5.32 Å². The maximum Gasteiger partial charge on any atom is 0.275 e. The predicted octanol–water partition coefficient (Wildman–Crippen LogP) is 5.20. The minimum absolute atomic E-state index is 0.0448. The van der Waals surface area contributed by atoms with E-state index >= 15 is 0 Å². The fraction of sp³-hybridized carbons (Fsp3) is 0. The molecule has 0 aliphatic heterocycles. The summed E-state index contributed by atoms with van der Waals surface area (Å²) in [5, 5.41) is 2.81. The first-order chi connectivity index (χ1) is 9.38. The highest BCUT2D eigenvalue weighted by molar-refractivity contribution is 9.10. The van der Waals surface area contributed by atoms with E-state index in [1.165, 1.54) is 18.2 Å². The van der Waals surface area contributed by atoms with Gasteiger partial charge in [0.25, 0.3) is 5.91 Å². The van der Waals surface area contributed by atoms with E-state index in [0.717, 1.165) is 6.07 Å². The third-order valence-electron chi connectivity index (χ3n) is 2.27. The second-order valence-electron chi connectivity index (χ2n) is 3.66. The Morgan fingerprint density at radius 2 is 1.90 bits per heavy atom. The molecular formula is C12H5BrCl3FN2O. The summed E-state index contributed by atoms with van der Waals surface area (Å²) in [6, 6.07) is 5.16. The quantitative estimate of drug-likeness (QED) is 0.707. The molecule has 0 bridgehead atoms. The van der Waals surface area contributed by atoms with Gasteiger partial charge in [-0.1, -0.05) is 34.8 Å². The van der Waals surface area contributed by atoms with Crippen LogP contribution in [0.25, 0.3) is 0 Å². The second-order valence-corrected chi connectivity index (χ2v) is 5.72. The van der Waals surface area contributed by atoms with Gasteiger partial charge in [0.05, 0.1) is 15.7 Å². The molecule has 0 fully saturated rings. The number of rotatable bonds is 2. The molecule has 1 N–H and O–H groups in total. The van der Waals surface area contributed by atoms with Crippen molar-refractivity contribution in [1.29, 1.82) is 0 Å². The van der Waals surface area contributed by atoms with Gasteiger partial charge in [-0.2, -0.15) is 0 Å². The molecule has 0 saturated carbocycles. The van der Waals surface area contributed by atoms with Crippen LogP contribution in [-0.2, 0) is 0 Å². The van der Waals surface area contributed by atoms with Crippen molar-refractivity contribution in [2.45, 2.75) is 0 Å². The molecule has 2 aromatic rings. The van der Waals surface area contributed by atoms with E-state index in [2.05, 4.69) is 26.2 Å². The Labute approximate surface area is 137 Å². The molecule has 0 spiro atoms. The van der Waals surface area contributed by atoms with Gasteiger partial charge in [0, 0.05) is 4.47 Å². The number of aromatic nitrogens is 1. The van der Waals surface area contributed by atoms with E-state index < -0.39 is 11.7 Å². The van der Waals surface area contributed by atoms with Crippen LogP contribution in [0.1, 0.15) is 10.5 Å². The molecule has 1 heterocycles. The number of carbonyl (C=O) groups excluding carboxylic acids is 1. The Hall–Kier alpha value is -0.880. The van der Waals surface area contributed by atoms with Crippen molar-refractivity contribution in [3.05, 3.63) is 55.4 Å². The lowest BCUT2D eigenvalue weighted by Crippen LogP contribution is -2.15. The molecule has 1 aromatic carbocycles. The Bertz CT molecular complexity index is 673. The van der Waals surface area contributed by atoms with Crippen LogP contribution in [0, 0.1) is 5.82 Å². The van der Waals surface area contributed by atoms with Crippen molar-refractivity contribution in [3.8, 4) is 0 Å². The van der Waals surface area contributed by atoms with Crippen LogP contribution in [0.2, 0.25) is 15.2 Å². The fourth-order valence-corrected chi connectivity index (χ4v) is 2.65. The molecule has 1 amide bonds. The number of amides is 1. The van der Waals surface area contributed by atoms with Gasteiger partial charge in [0.1, 0.15) is 16.7 Å². The summed E-state index contributed by atoms with van der Waals surface area (Å²) in [4.78, 5) is 15.9. The first-order valence-electron chi connectivity index (χ1n) is 5.16. The van der Waals surface area contributed by atoms with Crippen LogP contribution in [0.3, 0.4) is 0 Å². The van der Waals surface area contributed by atoms with E-state index in [0.29, 0.717) is 4.47 Å². The van der Waals surface area contributed by atoms with Crippen molar-refractivity contribution in [2.24, 2.45) is 0 Å². The normalized spacial score (nSPS) is 10.4. The second kappa shape index (κ2) is 6.26. The van der Waals surface area contributed by atoms with E-state index in [1.807, 2.05) is 0 Å². The Morgan fingerprint density at radius 1 is 1.20 bits per heavy atom. The molecule has 1 aromatic heterocycles. The van der Waals surface area contributed by atoms with Gasteiger partial charge in [-0.25, -0.2) is 9.37 Å². The molecule has 20 heavy (non-hydrogen) atoms. The minimum Gasteiger partial charge on any atom is -0.318 e. The summed E-state index contributed by atoms with van der Waals surface area (Å²) in [5.41, 5.74) is 0.169. The Morgan fingerprint density at radius 3 is 2.55 bits per heavy atom. The molecule has 3 nitrogen and oxygen atoms in total. The summed E-state index contributed by atoms with van der Waals surface area (Å²) >= 11 is 20.6. The number of halogens is 5. The van der Waals surface area contributed by atoms with Crippen molar-refractivity contribution < 1.29 is 9.18 Å². The number of nitrogens with one attached hydrogen (secondary N) is 1. The maximum absolute atomic E-state index is 13.1. The van der Waals surface area contributed by atoms with Gasteiger partial charge in [0.15, 0.2) is 0 Å². The number of benzene rings is 1. The highest BCUT2D eigenvalue weighted by Gasteiger charge is 2.17. The van der Waals surface area contributed by atoms with Gasteiger partial charge in [-0.3, -0.25) is 4.79 Å². The predicted molar refractivity (Wildman–Crippen MR) is 81.3 cm³/mol. The number of pyridine rings is 1.